The molecule has 1 saturated carbocycles. The fourth-order valence-corrected chi connectivity index (χ4v) is 3.26. The van der Waals surface area contributed by atoms with Gasteiger partial charge in [-0.2, -0.15) is 0 Å². The Hall–Kier alpha value is -0.0800. The number of methoxy groups -OCH3 is 1. The van der Waals surface area contributed by atoms with Crippen molar-refractivity contribution in [3.8, 4) is 0 Å². The van der Waals surface area contributed by atoms with Crippen LogP contribution in [0.4, 0.5) is 0 Å². The molecule has 1 rings (SSSR count). The van der Waals surface area contributed by atoms with Crippen LogP contribution in [-0.2, 0) is 4.74 Å². The third-order valence-corrected chi connectivity index (χ3v) is 4.66. The van der Waals surface area contributed by atoms with Gasteiger partial charge in [-0.15, -0.1) is 0 Å². The van der Waals surface area contributed by atoms with Gasteiger partial charge in [0.15, 0.2) is 0 Å². The van der Waals surface area contributed by atoms with Crippen LogP contribution in [0, 0.1) is 5.92 Å². The maximum Gasteiger partial charge on any atom is 0.0828 e. The van der Waals surface area contributed by atoms with Gasteiger partial charge in [-0.05, 0) is 25.2 Å². The molecule has 2 unspecified atom stereocenters. The molecule has 2 nitrogen and oxygen atoms in total. The van der Waals surface area contributed by atoms with Crippen molar-refractivity contribution in [2.75, 3.05) is 7.11 Å². The van der Waals surface area contributed by atoms with Crippen LogP contribution in [0.2, 0.25) is 0 Å². The average molecular weight is 241 g/mol. The van der Waals surface area contributed by atoms with Gasteiger partial charge in [-0.3, -0.25) is 0 Å². The van der Waals surface area contributed by atoms with Crippen LogP contribution in [-0.4, -0.2) is 18.8 Å². The van der Waals surface area contributed by atoms with E-state index in [4.69, 9.17) is 10.5 Å². The van der Waals surface area contributed by atoms with Gasteiger partial charge in [-0.1, -0.05) is 52.4 Å². The Morgan fingerprint density at radius 1 is 1.24 bits per heavy atom. The molecule has 2 atom stereocenters. The first-order valence-corrected chi connectivity index (χ1v) is 7.49. The largest absolute Gasteiger partial charge is 0.377 e. The number of ether oxygens (including phenoxy) is 1. The molecule has 0 amide bonds. The van der Waals surface area contributed by atoms with E-state index in [0.717, 1.165) is 25.2 Å². The summed E-state index contributed by atoms with van der Waals surface area (Å²) in [6.45, 7) is 4.56. The highest BCUT2D eigenvalue weighted by Crippen LogP contribution is 2.37. The van der Waals surface area contributed by atoms with Gasteiger partial charge in [0.25, 0.3) is 0 Å². The summed E-state index contributed by atoms with van der Waals surface area (Å²) < 4.78 is 5.79. The topological polar surface area (TPSA) is 35.2 Å². The van der Waals surface area contributed by atoms with Crippen LogP contribution in [0.25, 0.3) is 0 Å². The molecule has 0 aromatic carbocycles. The third kappa shape index (κ3) is 3.96. The lowest BCUT2D eigenvalue weighted by atomic mass is 9.83. The van der Waals surface area contributed by atoms with E-state index in [1.807, 2.05) is 7.11 Å². The highest BCUT2D eigenvalue weighted by Gasteiger charge is 2.40. The van der Waals surface area contributed by atoms with E-state index in [2.05, 4.69) is 13.8 Å². The fourth-order valence-electron chi connectivity index (χ4n) is 3.26. The van der Waals surface area contributed by atoms with Gasteiger partial charge < -0.3 is 10.5 Å². The highest BCUT2D eigenvalue weighted by atomic mass is 16.5. The van der Waals surface area contributed by atoms with Gasteiger partial charge in [-0.25, -0.2) is 0 Å². The second kappa shape index (κ2) is 7.38. The van der Waals surface area contributed by atoms with Gasteiger partial charge in [0.05, 0.1) is 5.60 Å². The van der Waals surface area contributed by atoms with Gasteiger partial charge in [0, 0.05) is 13.2 Å². The molecule has 1 aliphatic rings. The molecule has 0 radical (unpaired) electrons. The molecule has 1 aliphatic carbocycles. The second-order valence-electron chi connectivity index (χ2n) is 5.73. The molecule has 0 saturated heterocycles. The third-order valence-electron chi connectivity index (χ3n) is 4.66. The van der Waals surface area contributed by atoms with Crippen LogP contribution >= 0.6 is 0 Å². The summed E-state index contributed by atoms with van der Waals surface area (Å²) in [5.74, 6) is 0.789. The van der Waals surface area contributed by atoms with E-state index < -0.39 is 0 Å². The van der Waals surface area contributed by atoms with Crippen LogP contribution in [0.15, 0.2) is 0 Å². The first-order valence-electron chi connectivity index (χ1n) is 7.49. The molecule has 2 heteroatoms. The van der Waals surface area contributed by atoms with Crippen molar-refractivity contribution in [1.29, 1.82) is 0 Å². The lowest BCUT2D eigenvalue weighted by Gasteiger charge is -2.35. The molecule has 0 aromatic heterocycles. The van der Waals surface area contributed by atoms with Crippen molar-refractivity contribution >= 4 is 0 Å². The van der Waals surface area contributed by atoms with E-state index in [1.165, 1.54) is 38.5 Å². The number of hydrogen-bond donors (Lipinski definition) is 1. The first kappa shape index (κ1) is 15.0. The van der Waals surface area contributed by atoms with Crippen LogP contribution in [0.3, 0.4) is 0 Å². The normalized spacial score (nSPS) is 22.6. The smallest absolute Gasteiger partial charge is 0.0828 e. The quantitative estimate of drug-likeness (QED) is 0.700. The highest BCUT2D eigenvalue weighted by molar-refractivity contribution is 4.95. The Morgan fingerprint density at radius 3 is 2.35 bits per heavy atom. The number of rotatable bonds is 8. The molecule has 0 heterocycles. The number of hydrogen-bond acceptors (Lipinski definition) is 2. The predicted octanol–water partition coefficient (Wildman–Crippen LogP) is 3.88. The Bertz CT molecular complexity index is 199. The van der Waals surface area contributed by atoms with Crippen LogP contribution in [0.5, 0.6) is 0 Å². The molecule has 2 N–H and O–H groups in total. The molecular formula is C15H31NO. The minimum absolute atomic E-state index is 0.000362. The lowest BCUT2D eigenvalue weighted by Crippen LogP contribution is -2.48. The minimum Gasteiger partial charge on any atom is -0.377 e. The minimum atomic E-state index is -0.000362. The Morgan fingerprint density at radius 2 is 1.88 bits per heavy atom. The summed E-state index contributed by atoms with van der Waals surface area (Å²) in [6.07, 6.45) is 11.3. The van der Waals surface area contributed by atoms with Gasteiger partial charge in [0.2, 0.25) is 0 Å². The summed E-state index contributed by atoms with van der Waals surface area (Å²) in [4.78, 5) is 0. The molecule has 1 fully saturated rings. The zero-order valence-electron chi connectivity index (χ0n) is 12.0. The summed E-state index contributed by atoms with van der Waals surface area (Å²) >= 11 is 0. The number of unbranched alkanes of at least 4 members (excludes halogenated alkanes) is 1. The van der Waals surface area contributed by atoms with Crippen molar-refractivity contribution in [3.63, 3.8) is 0 Å². The van der Waals surface area contributed by atoms with Gasteiger partial charge >= 0.3 is 0 Å². The van der Waals surface area contributed by atoms with Crippen molar-refractivity contribution in [2.24, 2.45) is 11.7 Å². The zero-order valence-corrected chi connectivity index (χ0v) is 12.0. The monoisotopic (exact) mass is 241 g/mol. The van der Waals surface area contributed by atoms with Crippen molar-refractivity contribution in [3.05, 3.63) is 0 Å². The summed E-state index contributed by atoms with van der Waals surface area (Å²) in [5, 5.41) is 0. The molecule has 0 spiro atoms. The van der Waals surface area contributed by atoms with Crippen LogP contribution < -0.4 is 5.73 Å². The molecule has 0 aliphatic heterocycles. The summed E-state index contributed by atoms with van der Waals surface area (Å²) in [7, 11) is 1.85. The van der Waals surface area contributed by atoms with E-state index in [1.54, 1.807) is 0 Å². The predicted molar refractivity (Wildman–Crippen MR) is 74.1 cm³/mol. The molecule has 0 bridgehead atoms. The zero-order chi connectivity index (χ0) is 12.7. The van der Waals surface area contributed by atoms with E-state index in [0.29, 0.717) is 0 Å². The average Bonchev–Trinajstić information content (AvgIpc) is 2.84. The maximum absolute atomic E-state index is 6.45. The maximum atomic E-state index is 6.45. The molecular weight excluding hydrogens is 210 g/mol. The van der Waals surface area contributed by atoms with Gasteiger partial charge in [0.1, 0.15) is 0 Å². The van der Waals surface area contributed by atoms with E-state index in [-0.39, 0.29) is 11.6 Å². The molecule has 17 heavy (non-hydrogen) atoms. The Labute approximate surface area is 107 Å². The number of nitrogens with two attached hydrogens (primary N) is 1. The fraction of sp³-hybridized carbons (Fsp3) is 1.00. The SMILES string of the molecule is CCCCC(CC)CC(N)C1(OC)CCCC1. The van der Waals surface area contributed by atoms with Crippen molar-refractivity contribution in [2.45, 2.75) is 83.3 Å². The Kier molecular flexibility index (Phi) is 6.50. The summed E-state index contributed by atoms with van der Waals surface area (Å²) in [6, 6.07) is 0.233. The van der Waals surface area contributed by atoms with Crippen molar-refractivity contribution < 1.29 is 4.74 Å². The molecule has 0 aromatic rings. The first-order chi connectivity index (χ1) is 8.18. The summed E-state index contributed by atoms with van der Waals surface area (Å²) in [5.41, 5.74) is 6.45. The van der Waals surface area contributed by atoms with E-state index in [9.17, 15) is 0 Å². The second-order valence-corrected chi connectivity index (χ2v) is 5.73. The van der Waals surface area contributed by atoms with E-state index >= 15 is 0 Å². The van der Waals surface area contributed by atoms with Crippen LogP contribution in [0.1, 0.15) is 71.6 Å². The standard InChI is InChI=1S/C15H31NO/c1-4-6-9-13(5-2)12-14(16)15(17-3)10-7-8-11-15/h13-14H,4-12,16H2,1-3H3. The van der Waals surface area contributed by atoms with Crippen molar-refractivity contribution in [1.82, 2.24) is 0 Å². The Balaban J connectivity index is 2.47. The molecule has 102 valence electrons. The lowest BCUT2D eigenvalue weighted by molar-refractivity contribution is -0.0315.